The molecule has 4 rings (SSSR count). The maximum Gasteiger partial charge on any atom is 0.352 e. The Kier molecular flexibility index (Phi) is 8.07. The summed E-state index contributed by atoms with van der Waals surface area (Å²) < 4.78 is 13.1. The zero-order valence-electron chi connectivity index (χ0n) is 21.8. The maximum atomic E-state index is 12.4. The lowest BCUT2D eigenvalue weighted by atomic mass is 10.00. The molecule has 0 aliphatic heterocycles. The minimum Gasteiger partial charge on any atom is -0.489 e. The number of ether oxygens (including phenoxy) is 2. The molecule has 38 heavy (non-hydrogen) atoms. The van der Waals surface area contributed by atoms with Crippen LogP contribution in [-0.4, -0.2) is 43.5 Å². The second-order valence-electron chi connectivity index (χ2n) is 10.1. The molecule has 9 nitrogen and oxygen atoms in total. The highest BCUT2D eigenvalue weighted by Gasteiger charge is 2.26. The van der Waals surface area contributed by atoms with E-state index in [1.54, 1.807) is 20.8 Å². The van der Waals surface area contributed by atoms with Gasteiger partial charge in [0.25, 0.3) is 0 Å². The molecule has 0 saturated carbocycles. The number of esters is 1. The molecule has 0 fully saturated rings. The molecule has 0 saturated heterocycles. The number of nitrogens with two attached hydrogens (primary N) is 1. The van der Waals surface area contributed by atoms with E-state index in [2.05, 4.69) is 9.97 Å². The molecule has 198 valence electrons. The largest absolute Gasteiger partial charge is 0.489 e. The van der Waals surface area contributed by atoms with Gasteiger partial charge in [0.05, 0.1) is 12.0 Å². The molecule has 0 spiro atoms. The molecular formula is C29H33N5O4. The Morgan fingerprint density at radius 2 is 1.82 bits per heavy atom. The number of nitrogens with one attached hydrogen (secondary N) is 1. The van der Waals surface area contributed by atoms with Gasteiger partial charge in [0.15, 0.2) is 0 Å². The third-order valence-electron chi connectivity index (χ3n) is 6.06. The lowest BCUT2D eigenvalue weighted by Gasteiger charge is -2.22. The van der Waals surface area contributed by atoms with Crippen LogP contribution in [0.5, 0.6) is 5.75 Å². The molecule has 0 aliphatic carbocycles. The summed E-state index contributed by atoms with van der Waals surface area (Å²) in [5.74, 6) is -0.299. The van der Waals surface area contributed by atoms with Crippen molar-refractivity contribution >= 4 is 28.5 Å². The smallest absolute Gasteiger partial charge is 0.352 e. The summed E-state index contributed by atoms with van der Waals surface area (Å²) in [4.78, 5) is 21.0. The summed E-state index contributed by atoms with van der Waals surface area (Å²) in [6.45, 7) is 5.76. The van der Waals surface area contributed by atoms with Crippen molar-refractivity contribution in [1.29, 1.82) is 5.41 Å². The summed E-state index contributed by atoms with van der Waals surface area (Å²) in [7, 11) is 0. The van der Waals surface area contributed by atoms with Gasteiger partial charge in [0.1, 0.15) is 41.5 Å². The van der Waals surface area contributed by atoms with Crippen molar-refractivity contribution in [2.75, 3.05) is 12.3 Å². The monoisotopic (exact) mass is 515 g/mol. The topological polar surface area (TPSA) is 136 Å². The number of anilines is 1. The van der Waals surface area contributed by atoms with Gasteiger partial charge in [-0.25, -0.2) is 14.8 Å². The summed E-state index contributed by atoms with van der Waals surface area (Å²) in [6.07, 6.45) is 3.68. The summed E-state index contributed by atoms with van der Waals surface area (Å²) in [5, 5.41) is 18.8. The summed E-state index contributed by atoms with van der Waals surface area (Å²) >= 11 is 0. The first kappa shape index (κ1) is 26.8. The molecule has 0 unspecified atom stereocenters. The normalized spacial score (nSPS) is 12.3. The quantitative estimate of drug-likeness (QED) is 0.207. The first-order valence-electron chi connectivity index (χ1n) is 12.5. The van der Waals surface area contributed by atoms with E-state index in [9.17, 15) is 9.90 Å². The van der Waals surface area contributed by atoms with Crippen molar-refractivity contribution in [3.8, 4) is 16.9 Å². The van der Waals surface area contributed by atoms with E-state index >= 15 is 0 Å². The van der Waals surface area contributed by atoms with Crippen molar-refractivity contribution < 1.29 is 19.4 Å². The number of benzene rings is 2. The van der Waals surface area contributed by atoms with Crippen LogP contribution in [0.1, 0.15) is 32.8 Å². The third-order valence-corrected chi connectivity index (χ3v) is 6.06. The van der Waals surface area contributed by atoms with E-state index in [-0.39, 0.29) is 12.3 Å². The minimum atomic E-state index is -0.726. The molecule has 9 heteroatoms. The molecule has 1 atom stereocenters. The number of aliphatic hydroxyl groups excluding tert-OH is 1. The van der Waals surface area contributed by atoms with Gasteiger partial charge >= 0.3 is 5.97 Å². The van der Waals surface area contributed by atoms with E-state index in [4.69, 9.17) is 20.6 Å². The van der Waals surface area contributed by atoms with Gasteiger partial charge in [0, 0.05) is 24.2 Å². The van der Waals surface area contributed by atoms with Crippen LogP contribution in [-0.2, 0) is 22.7 Å². The van der Waals surface area contributed by atoms with Gasteiger partial charge < -0.3 is 24.9 Å². The number of nitrogens with zero attached hydrogens (tertiary/aromatic N) is 3. The Balaban J connectivity index is 1.53. The Morgan fingerprint density at radius 1 is 1.11 bits per heavy atom. The van der Waals surface area contributed by atoms with Crippen LogP contribution in [0.4, 0.5) is 5.82 Å². The van der Waals surface area contributed by atoms with Crippen LogP contribution >= 0.6 is 0 Å². The molecule has 0 amide bonds. The highest BCUT2D eigenvalue weighted by Crippen LogP contribution is 2.34. The van der Waals surface area contributed by atoms with Crippen molar-refractivity contribution in [1.82, 2.24) is 14.5 Å². The molecule has 4 aromatic rings. The number of hydrogen-bond acceptors (Lipinski definition) is 8. The molecule has 0 bridgehead atoms. The number of rotatable bonds is 10. The number of carbonyl (C=O) groups excluding carboxylic acids is 1. The highest BCUT2D eigenvalue weighted by atomic mass is 16.6. The predicted octanol–water partition coefficient (Wildman–Crippen LogP) is 4.62. The van der Waals surface area contributed by atoms with Crippen molar-refractivity contribution in [3.05, 3.63) is 72.7 Å². The molecule has 0 radical (unpaired) electrons. The van der Waals surface area contributed by atoms with E-state index in [1.165, 1.54) is 6.33 Å². The fourth-order valence-corrected chi connectivity index (χ4v) is 4.13. The molecule has 0 aliphatic rings. The first-order valence-corrected chi connectivity index (χ1v) is 12.5. The standard InChI is InChI=1S/C29H33N5O4/c1-29(2,3)38-28(36)25(30)21(16-35)13-14-34-15-23(24-26(31)32-18-33-27(24)34)20-9-11-22(12-10-20)37-17-19-7-5-4-6-8-19/h4-12,15,18,21,30,35H,13-14,16-17H2,1-3H3,(H2,31,32,33)/t21-/m0/s1. The van der Waals surface area contributed by atoms with Crippen LogP contribution in [0, 0.1) is 11.3 Å². The van der Waals surface area contributed by atoms with Crippen LogP contribution in [0.3, 0.4) is 0 Å². The lowest BCUT2D eigenvalue weighted by Crippen LogP contribution is -2.34. The Hall–Kier alpha value is -4.24. The van der Waals surface area contributed by atoms with Gasteiger partial charge in [0.2, 0.25) is 0 Å². The van der Waals surface area contributed by atoms with Gasteiger partial charge in [-0.3, -0.25) is 5.41 Å². The summed E-state index contributed by atoms with van der Waals surface area (Å²) in [5.41, 5.74) is 8.79. The molecule has 4 N–H and O–H groups in total. The van der Waals surface area contributed by atoms with Crippen molar-refractivity contribution in [2.45, 2.75) is 45.9 Å². The SMILES string of the molecule is CC(C)(C)OC(=O)C(=N)[C@H](CO)CCn1cc(-c2ccc(OCc3ccccc3)cc2)c2c(N)ncnc21. The fraction of sp³-hybridized carbons (Fsp3) is 0.310. The molecular weight excluding hydrogens is 482 g/mol. The number of hydrogen-bond donors (Lipinski definition) is 3. The van der Waals surface area contributed by atoms with Gasteiger partial charge in [-0.2, -0.15) is 0 Å². The Morgan fingerprint density at radius 3 is 2.47 bits per heavy atom. The van der Waals surface area contributed by atoms with Gasteiger partial charge in [-0.1, -0.05) is 42.5 Å². The number of aliphatic hydroxyl groups is 1. The minimum absolute atomic E-state index is 0.251. The number of aryl methyl sites for hydroxylation is 1. The van der Waals surface area contributed by atoms with E-state index < -0.39 is 17.5 Å². The maximum absolute atomic E-state index is 12.4. The number of carbonyl (C=O) groups is 1. The molecule has 2 aromatic carbocycles. The van der Waals surface area contributed by atoms with Gasteiger partial charge in [-0.05, 0) is 50.5 Å². The second kappa shape index (κ2) is 11.4. The zero-order chi connectivity index (χ0) is 27.3. The Bertz CT molecular complexity index is 1410. The summed E-state index contributed by atoms with van der Waals surface area (Å²) in [6, 6.07) is 17.7. The number of aromatic nitrogens is 3. The van der Waals surface area contributed by atoms with Crippen LogP contribution in [0.15, 0.2) is 67.1 Å². The predicted molar refractivity (Wildman–Crippen MR) is 147 cm³/mol. The molecule has 2 aromatic heterocycles. The average Bonchev–Trinajstić information content (AvgIpc) is 3.27. The fourth-order valence-electron chi connectivity index (χ4n) is 4.13. The second-order valence-corrected chi connectivity index (χ2v) is 10.1. The van der Waals surface area contributed by atoms with Crippen molar-refractivity contribution in [2.24, 2.45) is 5.92 Å². The van der Waals surface area contributed by atoms with E-state index in [0.717, 1.165) is 22.4 Å². The first-order chi connectivity index (χ1) is 18.2. The van der Waals surface area contributed by atoms with Gasteiger partial charge in [-0.15, -0.1) is 0 Å². The number of fused-ring (bicyclic) bond motifs is 1. The third kappa shape index (κ3) is 6.36. The van der Waals surface area contributed by atoms with Crippen molar-refractivity contribution in [3.63, 3.8) is 0 Å². The lowest BCUT2D eigenvalue weighted by molar-refractivity contribution is -0.146. The Labute approximate surface area is 221 Å². The molecule has 2 heterocycles. The zero-order valence-corrected chi connectivity index (χ0v) is 21.8. The van der Waals surface area contributed by atoms with Crippen LogP contribution < -0.4 is 10.5 Å². The highest BCUT2D eigenvalue weighted by molar-refractivity contribution is 6.36. The van der Waals surface area contributed by atoms with Crippen LogP contribution in [0.25, 0.3) is 22.2 Å². The van der Waals surface area contributed by atoms with E-state index in [0.29, 0.717) is 36.4 Å². The van der Waals surface area contributed by atoms with E-state index in [1.807, 2.05) is 65.4 Å². The number of nitrogen functional groups attached to an aromatic ring is 1. The van der Waals surface area contributed by atoms with Crippen LogP contribution in [0.2, 0.25) is 0 Å². The average molecular weight is 516 g/mol.